The summed E-state index contributed by atoms with van der Waals surface area (Å²) in [6, 6.07) is 15.8. The molecule has 1 aliphatic heterocycles. The Morgan fingerprint density at radius 3 is 2.59 bits per heavy atom. The van der Waals surface area contributed by atoms with Crippen LogP contribution in [-0.4, -0.2) is 29.0 Å². The molecule has 1 aromatic heterocycles. The Labute approximate surface area is 187 Å². The number of benzene rings is 2. The van der Waals surface area contributed by atoms with Crippen molar-refractivity contribution in [2.24, 2.45) is 5.92 Å². The Kier molecular flexibility index (Phi) is 5.47. The number of rotatable bonds is 6. The van der Waals surface area contributed by atoms with Crippen LogP contribution in [0, 0.1) is 19.8 Å². The SMILES string of the molecule is Cc1nn(-c2ccccc2)c(C)c1CNC(=O)NC(c1ccc2c(c1)OCCO2)C1CC1. The van der Waals surface area contributed by atoms with Gasteiger partial charge in [0.25, 0.3) is 0 Å². The lowest BCUT2D eigenvalue weighted by Gasteiger charge is -2.23. The molecule has 0 radical (unpaired) electrons. The Balaban J connectivity index is 1.27. The fourth-order valence-electron chi connectivity index (χ4n) is 4.27. The minimum atomic E-state index is -0.178. The van der Waals surface area contributed by atoms with Crippen LogP contribution in [-0.2, 0) is 6.54 Å². The van der Waals surface area contributed by atoms with Crippen molar-refractivity contribution in [3.05, 3.63) is 71.0 Å². The van der Waals surface area contributed by atoms with Gasteiger partial charge < -0.3 is 20.1 Å². The molecule has 2 heterocycles. The molecule has 1 saturated carbocycles. The second kappa shape index (κ2) is 8.57. The molecular formula is C25H28N4O3. The molecule has 1 unspecified atom stereocenters. The molecule has 166 valence electrons. The van der Waals surface area contributed by atoms with Gasteiger partial charge in [-0.1, -0.05) is 24.3 Å². The third-order valence-corrected chi connectivity index (χ3v) is 6.17. The first-order valence-electron chi connectivity index (χ1n) is 11.1. The number of aryl methyl sites for hydroxylation is 1. The van der Waals surface area contributed by atoms with Crippen molar-refractivity contribution in [1.29, 1.82) is 0 Å². The zero-order valence-corrected chi connectivity index (χ0v) is 18.4. The monoisotopic (exact) mass is 432 g/mol. The fraction of sp³-hybridized carbons (Fsp3) is 0.360. The zero-order chi connectivity index (χ0) is 22.1. The molecule has 1 fully saturated rings. The standard InChI is InChI=1S/C25H28N4O3/c1-16-21(17(2)29(28-16)20-6-4-3-5-7-20)15-26-25(30)27-24(18-8-9-18)19-10-11-22-23(14-19)32-13-12-31-22/h3-7,10-11,14,18,24H,8-9,12-13,15H2,1-2H3,(H2,26,27,30). The fourth-order valence-corrected chi connectivity index (χ4v) is 4.27. The molecule has 5 rings (SSSR count). The van der Waals surface area contributed by atoms with Crippen LogP contribution in [0.1, 0.15) is 41.4 Å². The lowest BCUT2D eigenvalue weighted by molar-refractivity contribution is 0.171. The number of urea groups is 1. The Hall–Kier alpha value is -3.48. The van der Waals surface area contributed by atoms with Gasteiger partial charge >= 0.3 is 6.03 Å². The highest BCUT2D eigenvalue weighted by Gasteiger charge is 2.34. The summed E-state index contributed by atoms with van der Waals surface area (Å²) in [5, 5.41) is 10.9. The maximum Gasteiger partial charge on any atom is 0.315 e. The number of para-hydroxylation sites is 1. The van der Waals surface area contributed by atoms with Gasteiger partial charge in [0.15, 0.2) is 11.5 Å². The van der Waals surface area contributed by atoms with Crippen LogP contribution in [0.5, 0.6) is 11.5 Å². The normalized spacial score (nSPS) is 15.8. The molecule has 2 N–H and O–H groups in total. The number of carbonyl (C=O) groups excluding carboxylic acids is 1. The molecule has 2 aliphatic rings. The summed E-state index contributed by atoms with van der Waals surface area (Å²) in [7, 11) is 0. The van der Waals surface area contributed by atoms with Crippen molar-refractivity contribution >= 4 is 6.03 Å². The number of aromatic nitrogens is 2. The van der Waals surface area contributed by atoms with Crippen molar-refractivity contribution in [2.75, 3.05) is 13.2 Å². The molecule has 2 aromatic carbocycles. The third kappa shape index (κ3) is 4.15. The molecule has 7 heteroatoms. The number of nitrogens with one attached hydrogen (secondary N) is 2. The second-order valence-corrected chi connectivity index (χ2v) is 8.44. The average Bonchev–Trinajstić information content (AvgIpc) is 3.62. The smallest absolute Gasteiger partial charge is 0.315 e. The van der Waals surface area contributed by atoms with E-state index in [4.69, 9.17) is 9.47 Å². The minimum Gasteiger partial charge on any atom is -0.486 e. The number of nitrogens with zero attached hydrogens (tertiary/aromatic N) is 2. The Bertz CT molecular complexity index is 1120. The van der Waals surface area contributed by atoms with Gasteiger partial charge in [0, 0.05) is 17.8 Å². The van der Waals surface area contributed by atoms with E-state index in [1.807, 2.05) is 67.1 Å². The summed E-state index contributed by atoms with van der Waals surface area (Å²) in [6.07, 6.45) is 2.23. The van der Waals surface area contributed by atoms with E-state index in [2.05, 4.69) is 15.7 Å². The van der Waals surface area contributed by atoms with E-state index in [9.17, 15) is 4.79 Å². The summed E-state index contributed by atoms with van der Waals surface area (Å²) < 4.78 is 13.3. The van der Waals surface area contributed by atoms with Gasteiger partial charge in [-0.05, 0) is 62.4 Å². The molecule has 0 spiro atoms. The largest absolute Gasteiger partial charge is 0.486 e. The van der Waals surface area contributed by atoms with Crippen molar-refractivity contribution in [1.82, 2.24) is 20.4 Å². The predicted molar refractivity (Wildman–Crippen MR) is 121 cm³/mol. The van der Waals surface area contributed by atoms with Crippen LogP contribution >= 0.6 is 0 Å². The van der Waals surface area contributed by atoms with Gasteiger partial charge in [-0.3, -0.25) is 0 Å². The van der Waals surface area contributed by atoms with Gasteiger partial charge in [0.05, 0.1) is 17.4 Å². The van der Waals surface area contributed by atoms with Crippen molar-refractivity contribution in [2.45, 2.75) is 39.3 Å². The van der Waals surface area contributed by atoms with Crippen LogP contribution in [0.3, 0.4) is 0 Å². The lowest BCUT2D eigenvalue weighted by atomic mass is 10.0. The highest BCUT2D eigenvalue weighted by molar-refractivity contribution is 5.74. The van der Waals surface area contributed by atoms with Crippen molar-refractivity contribution in [3.63, 3.8) is 0 Å². The summed E-state index contributed by atoms with van der Waals surface area (Å²) in [6.45, 7) is 5.55. The summed E-state index contributed by atoms with van der Waals surface area (Å²) in [4.78, 5) is 12.8. The maximum atomic E-state index is 12.8. The van der Waals surface area contributed by atoms with E-state index in [-0.39, 0.29) is 12.1 Å². The van der Waals surface area contributed by atoms with E-state index in [0.29, 0.717) is 25.7 Å². The molecule has 32 heavy (non-hydrogen) atoms. The van der Waals surface area contributed by atoms with Gasteiger partial charge in [0.1, 0.15) is 13.2 Å². The second-order valence-electron chi connectivity index (χ2n) is 8.44. The van der Waals surface area contributed by atoms with Crippen LogP contribution in [0.25, 0.3) is 5.69 Å². The number of ether oxygens (including phenoxy) is 2. The summed E-state index contributed by atoms with van der Waals surface area (Å²) in [5.41, 5.74) is 5.04. The van der Waals surface area contributed by atoms with Gasteiger partial charge in [-0.2, -0.15) is 5.10 Å². The first kappa shape index (κ1) is 20.4. The molecule has 1 atom stereocenters. The molecule has 7 nitrogen and oxygen atoms in total. The quantitative estimate of drug-likeness (QED) is 0.612. The molecule has 2 amide bonds. The topological polar surface area (TPSA) is 77.4 Å². The van der Waals surface area contributed by atoms with E-state index in [1.54, 1.807) is 0 Å². The number of hydrogen-bond acceptors (Lipinski definition) is 4. The molecule has 1 aliphatic carbocycles. The van der Waals surface area contributed by atoms with E-state index in [0.717, 1.165) is 52.5 Å². The highest BCUT2D eigenvalue weighted by atomic mass is 16.6. The number of fused-ring (bicyclic) bond motifs is 1. The highest BCUT2D eigenvalue weighted by Crippen LogP contribution is 2.43. The van der Waals surface area contributed by atoms with E-state index >= 15 is 0 Å². The summed E-state index contributed by atoms with van der Waals surface area (Å²) in [5.74, 6) is 1.97. The maximum absolute atomic E-state index is 12.8. The number of amides is 2. The first-order valence-corrected chi connectivity index (χ1v) is 11.1. The molecular weight excluding hydrogens is 404 g/mol. The van der Waals surface area contributed by atoms with Gasteiger partial charge in [-0.25, -0.2) is 9.48 Å². The van der Waals surface area contributed by atoms with E-state index < -0.39 is 0 Å². The number of carbonyl (C=O) groups is 1. The third-order valence-electron chi connectivity index (χ3n) is 6.17. The first-order chi connectivity index (χ1) is 15.6. The zero-order valence-electron chi connectivity index (χ0n) is 18.4. The molecule has 3 aromatic rings. The predicted octanol–water partition coefficient (Wildman–Crippen LogP) is 4.21. The van der Waals surface area contributed by atoms with Crippen LogP contribution in [0.2, 0.25) is 0 Å². The Morgan fingerprint density at radius 2 is 1.84 bits per heavy atom. The lowest BCUT2D eigenvalue weighted by Crippen LogP contribution is -2.38. The van der Waals surface area contributed by atoms with Crippen LogP contribution < -0.4 is 20.1 Å². The number of hydrogen-bond donors (Lipinski definition) is 2. The van der Waals surface area contributed by atoms with Crippen molar-refractivity contribution in [3.8, 4) is 17.2 Å². The Morgan fingerprint density at radius 1 is 1.09 bits per heavy atom. The average molecular weight is 433 g/mol. The molecule has 0 bridgehead atoms. The van der Waals surface area contributed by atoms with Crippen LogP contribution in [0.15, 0.2) is 48.5 Å². The van der Waals surface area contributed by atoms with Crippen molar-refractivity contribution < 1.29 is 14.3 Å². The molecule has 0 saturated heterocycles. The van der Waals surface area contributed by atoms with Gasteiger partial charge in [0.2, 0.25) is 0 Å². The van der Waals surface area contributed by atoms with Gasteiger partial charge in [-0.15, -0.1) is 0 Å². The minimum absolute atomic E-state index is 0.0416. The van der Waals surface area contributed by atoms with E-state index in [1.165, 1.54) is 0 Å². The van der Waals surface area contributed by atoms with Crippen LogP contribution in [0.4, 0.5) is 4.79 Å². The summed E-state index contributed by atoms with van der Waals surface area (Å²) >= 11 is 0.